The van der Waals surface area contributed by atoms with Gasteiger partial charge in [0.1, 0.15) is 11.8 Å². The van der Waals surface area contributed by atoms with Crippen LogP contribution in [0.25, 0.3) is 0 Å². The topological polar surface area (TPSA) is 58.6 Å². The highest BCUT2D eigenvalue weighted by Crippen LogP contribution is 2.23. The molecule has 0 radical (unpaired) electrons. The average molecular weight is 558 g/mol. The number of amides is 2. The predicted molar refractivity (Wildman–Crippen MR) is 144 cm³/mol. The molecule has 0 aliphatic rings. The number of hydrogen-bond donors (Lipinski definition) is 1. The quantitative estimate of drug-likeness (QED) is 0.335. The van der Waals surface area contributed by atoms with Gasteiger partial charge in [-0.2, -0.15) is 0 Å². The lowest BCUT2D eigenvalue weighted by molar-refractivity contribution is -0.143. The SMILES string of the molecule is Cc1cc(OCC(=O)N(Cc2ccccc2Cl)[C@H](Cc2ccccc2)C(=O)NC(C)C)ccc1Br. The Bertz CT molecular complexity index is 1150. The Hall–Kier alpha value is -2.83. The normalized spacial score (nSPS) is 11.7. The number of hydrogen-bond acceptors (Lipinski definition) is 3. The summed E-state index contributed by atoms with van der Waals surface area (Å²) in [5.41, 5.74) is 2.72. The van der Waals surface area contributed by atoms with Gasteiger partial charge < -0.3 is 15.0 Å². The number of nitrogens with zero attached hydrogens (tertiary/aromatic N) is 1. The van der Waals surface area contributed by atoms with Crippen LogP contribution in [0.3, 0.4) is 0 Å². The van der Waals surface area contributed by atoms with Gasteiger partial charge in [0.05, 0.1) is 0 Å². The minimum Gasteiger partial charge on any atom is -0.484 e. The van der Waals surface area contributed by atoms with Crippen LogP contribution >= 0.6 is 27.5 Å². The minimum atomic E-state index is -0.737. The molecule has 0 heterocycles. The van der Waals surface area contributed by atoms with Gasteiger partial charge in [-0.25, -0.2) is 0 Å². The van der Waals surface area contributed by atoms with Crippen molar-refractivity contribution in [2.45, 2.75) is 45.8 Å². The zero-order chi connectivity index (χ0) is 25.4. The fourth-order valence-corrected chi connectivity index (χ4v) is 4.12. The Labute approximate surface area is 220 Å². The molecule has 0 aromatic heterocycles. The summed E-state index contributed by atoms with van der Waals surface area (Å²) >= 11 is 9.91. The molecule has 0 bridgehead atoms. The first kappa shape index (κ1) is 26.8. The van der Waals surface area contributed by atoms with Crippen LogP contribution in [0.1, 0.15) is 30.5 Å². The van der Waals surface area contributed by atoms with Crippen molar-refractivity contribution >= 4 is 39.3 Å². The maximum atomic E-state index is 13.6. The van der Waals surface area contributed by atoms with Crippen molar-refractivity contribution in [2.75, 3.05) is 6.61 Å². The fraction of sp³-hybridized carbons (Fsp3) is 0.286. The third-order valence-electron chi connectivity index (χ3n) is 5.49. The lowest BCUT2D eigenvalue weighted by Crippen LogP contribution is -2.52. The first-order valence-corrected chi connectivity index (χ1v) is 12.7. The molecule has 1 atom stereocenters. The van der Waals surface area contributed by atoms with Crippen LogP contribution in [0.5, 0.6) is 5.75 Å². The van der Waals surface area contributed by atoms with Gasteiger partial charge in [0.25, 0.3) is 5.91 Å². The molecule has 0 spiro atoms. The van der Waals surface area contributed by atoms with Crippen LogP contribution in [0.2, 0.25) is 5.02 Å². The zero-order valence-electron chi connectivity index (χ0n) is 20.1. The molecule has 5 nitrogen and oxygen atoms in total. The summed E-state index contributed by atoms with van der Waals surface area (Å²) in [6.07, 6.45) is 0.368. The van der Waals surface area contributed by atoms with Gasteiger partial charge in [0.15, 0.2) is 6.61 Å². The Balaban J connectivity index is 1.92. The van der Waals surface area contributed by atoms with Crippen LogP contribution in [-0.2, 0) is 22.6 Å². The molecule has 0 fully saturated rings. The molecule has 0 aliphatic carbocycles. The molecular formula is C28H30BrClN2O3. The van der Waals surface area contributed by atoms with Crippen molar-refractivity contribution in [3.8, 4) is 5.75 Å². The van der Waals surface area contributed by atoms with E-state index < -0.39 is 6.04 Å². The van der Waals surface area contributed by atoms with E-state index in [1.807, 2.05) is 81.4 Å². The maximum absolute atomic E-state index is 13.6. The smallest absolute Gasteiger partial charge is 0.261 e. The van der Waals surface area contributed by atoms with Crippen LogP contribution < -0.4 is 10.1 Å². The van der Waals surface area contributed by atoms with Crippen molar-refractivity contribution in [1.29, 1.82) is 0 Å². The molecule has 184 valence electrons. The second-order valence-electron chi connectivity index (χ2n) is 8.68. The molecular weight excluding hydrogens is 528 g/mol. The number of benzene rings is 3. The van der Waals surface area contributed by atoms with Crippen LogP contribution in [0, 0.1) is 6.92 Å². The zero-order valence-corrected chi connectivity index (χ0v) is 22.5. The average Bonchev–Trinajstić information content (AvgIpc) is 2.83. The summed E-state index contributed by atoms with van der Waals surface area (Å²) in [6, 6.07) is 21.8. The van der Waals surface area contributed by atoms with Gasteiger partial charge in [-0.15, -0.1) is 0 Å². The van der Waals surface area contributed by atoms with E-state index in [1.54, 1.807) is 17.0 Å². The Morgan fingerprint density at radius 1 is 1.03 bits per heavy atom. The van der Waals surface area contributed by atoms with Crippen LogP contribution in [0.4, 0.5) is 0 Å². The second-order valence-corrected chi connectivity index (χ2v) is 9.94. The summed E-state index contributed by atoms with van der Waals surface area (Å²) in [5, 5.41) is 3.51. The molecule has 3 aromatic carbocycles. The molecule has 7 heteroatoms. The molecule has 0 saturated carbocycles. The molecule has 1 N–H and O–H groups in total. The largest absolute Gasteiger partial charge is 0.484 e. The fourth-order valence-electron chi connectivity index (χ4n) is 3.68. The highest BCUT2D eigenvalue weighted by molar-refractivity contribution is 9.10. The molecule has 0 unspecified atom stereocenters. The Morgan fingerprint density at radius 3 is 2.37 bits per heavy atom. The van der Waals surface area contributed by atoms with E-state index in [9.17, 15) is 9.59 Å². The van der Waals surface area contributed by atoms with E-state index in [2.05, 4.69) is 21.2 Å². The number of carbonyl (C=O) groups is 2. The third kappa shape index (κ3) is 7.84. The minimum absolute atomic E-state index is 0.0694. The Kier molecular flexibility index (Phi) is 9.75. The Morgan fingerprint density at radius 2 is 1.71 bits per heavy atom. The van der Waals surface area contributed by atoms with Gasteiger partial charge in [-0.1, -0.05) is 76.1 Å². The summed E-state index contributed by atoms with van der Waals surface area (Å²) in [7, 11) is 0. The summed E-state index contributed by atoms with van der Waals surface area (Å²) in [6.45, 7) is 5.73. The number of carbonyl (C=O) groups excluding carboxylic acids is 2. The molecule has 2 amide bonds. The standard InChI is InChI=1S/C28H30BrClN2O3/c1-19(2)31-28(34)26(16-21-9-5-4-6-10-21)32(17-22-11-7-8-12-25(22)30)27(33)18-35-23-13-14-24(29)20(3)15-23/h4-15,19,26H,16-18H2,1-3H3,(H,31,34)/t26-/m1/s1. The molecule has 0 saturated heterocycles. The number of nitrogens with one attached hydrogen (secondary N) is 1. The van der Waals surface area contributed by atoms with E-state index in [0.29, 0.717) is 17.2 Å². The van der Waals surface area contributed by atoms with Gasteiger partial charge in [0, 0.05) is 28.5 Å². The first-order chi connectivity index (χ1) is 16.7. The third-order valence-corrected chi connectivity index (χ3v) is 6.75. The maximum Gasteiger partial charge on any atom is 0.261 e. The number of halogens is 2. The number of rotatable bonds is 10. The van der Waals surface area contributed by atoms with E-state index in [1.165, 1.54) is 0 Å². The molecule has 3 aromatic rings. The molecule has 3 rings (SSSR count). The van der Waals surface area contributed by atoms with Gasteiger partial charge in [-0.3, -0.25) is 9.59 Å². The van der Waals surface area contributed by atoms with Crippen molar-refractivity contribution < 1.29 is 14.3 Å². The lowest BCUT2D eigenvalue weighted by atomic mass is 10.0. The highest BCUT2D eigenvalue weighted by atomic mass is 79.9. The molecule has 0 aliphatic heterocycles. The first-order valence-electron chi connectivity index (χ1n) is 11.5. The van der Waals surface area contributed by atoms with Crippen molar-refractivity contribution in [1.82, 2.24) is 10.2 Å². The highest BCUT2D eigenvalue weighted by Gasteiger charge is 2.31. The van der Waals surface area contributed by atoms with Crippen LogP contribution in [-0.4, -0.2) is 35.4 Å². The van der Waals surface area contributed by atoms with E-state index in [-0.39, 0.29) is 31.0 Å². The van der Waals surface area contributed by atoms with Crippen molar-refractivity contribution in [3.05, 3.63) is 99.0 Å². The lowest BCUT2D eigenvalue weighted by Gasteiger charge is -2.32. The van der Waals surface area contributed by atoms with Crippen LogP contribution in [0.15, 0.2) is 77.3 Å². The number of ether oxygens (including phenoxy) is 1. The number of aryl methyl sites for hydroxylation is 1. The second kappa shape index (κ2) is 12.8. The summed E-state index contributed by atoms with van der Waals surface area (Å²) in [5.74, 6) is 0.0667. The van der Waals surface area contributed by atoms with E-state index >= 15 is 0 Å². The van der Waals surface area contributed by atoms with E-state index in [4.69, 9.17) is 16.3 Å². The van der Waals surface area contributed by atoms with Gasteiger partial charge >= 0.3 is 0 Å². The molecule has 35 heavy (non-hydrogen) atoms. The van der Waals surface area contributed by atoms with Gasteiger partial charge in [0.2, 0.25) is 5.91 Å². The summed E-state index contributed by atoms with van der Waals surface area (Å²) < 4.78 is 6.80. The summed E-state index contributed by atoms with van der Waals surface area (Å²) in [4.78, 5) is 28.5. The monoisotopic (exact) mass is 556 g/mol. The van der Waals surface area contributed by atoms with Crippen molar-refractivity contribution in [3.63, 3.8) is 0 Å². The van der Waals surface area contributed by atoms with E-state index in [0.717, 1.165) is 21.2 Å². The predicted octanol–water partition coefficient (Wildman–Crippen LogP) is 5.95. The van der Waals surface area contributed by atoms with Crippen molar-refractivity contribution in [2.24, 2.45) is 0 Å². The van der Waals surface area contributed by atoms with Gasteiger partial charge in [-0.05, 0) is 61.7 Å².